The Morgan fingerprint density at radius 3 is 2.68 bits per heavy atom. The number of nitrogens with one attached hydrogen (secondary N) is 2. The summed E-state index contributed by atoms with van der Waals surface area (Å²) in [6.07, 6.45) is 1.40. The lowest BCUT2D eigenvalue weighted by Gasteiger charge is -2.35. The summed E-state index contributed by atoms with van der Waals surface area (Å²) in [6.45, 7) is 3.97. The predicted octanol–water partition coefficient (Wildman–Crippen LogP) is 2.36. The van der Waals surface area contributed by atoms with Crippen LogP contribution in [0.15, 0.2) is 30.3 Å². The number of hydrogen-bond donors (Lipinski definition) is 5. The molecule has 170 valence electrons. The zero-order chi connectivity index (χ0) is 22.4. The quantitative estimate of drug-likeness (QED) is 0.432. The number of morpholine rings is 1. The Bertz CT molecular complexity index is 891. The summed E-state index contributed by atoms with van der Waals surface area (Å²) in [5.41, 5.74) is 1.87. The molecule has 1 fully saturated rings. The van der Waals surface area contributed by atoms with Gasteiger partial charge in [-0.25, -0.2) is 14.8 Å². The van der Waals surface area contributed by atoms with Crippen molar-refractivity contribution in [3.05, 3.63) is 36.0 Å². The maximum absolute atomic E-state index is 11.7. The van der Waals surface area contributed by atoms with Gasteiger partial charge in [-0.05, 0) is 31.2 Å². The van der Waals surface area contributed by atoms with Gasteiger partial charge in [0.15, 0.2) is 5.82 Å². The molecule has 1 aliphatic heterocycles. The van der Waals surface area contributed by atoms with Crippen LogP contribution in [-0.2, 0) is 10.5 Å². The van der Waals surface area contributed by atoms with Crippen LogP contribution in [-0.4, -0.2) is 75.4 Å². The van der Waals surface area contributed by atoms with Gasteiger partial charge >= 0.3 is 6.03 Å². The van der Waals surface area contributed by atoms with Crippen molar-refractivity contribution < 1.29 is 23.7 Å². The Hall–Kier alpha value is -2.44. The average Bonchev–Trinajstić information content (AvgIpc) is 2.71. The number of amides is 2. The average molecular weight is 452 g/mol. The minimum Gasteiger partial charge on any atom is -0.395 e. The van der Waals surface area contributed by atoms with Crippen molar-refractivity contribution >= 4 is 28.1 Å². The number of benzene rings is 1. The van der Waals surface area contributed by atoms with Crippen LogP contribution in [0, 0.1) is 0 Å². The summed E-state index contributed by atoms with van der Waals surface area (Å²) in [5, 5.41) is 14.0. The van der Waals surface area contributed by atoms with Gasteiger partial charge in [-0.2, -0.15) is 10.6 Å². The largest absolute Gasteiger partial charge is 0.395 e. The van der Waals surface area contributed by atoms with Gasteiger partial charge < -0.3 is 25.4 Å². The number of nitrogens with zero attached hydrogens (tertiary/aromatic N) is 3. The van der Waals surface area contributed by atoms with Crippen molar-refractivity contribution in [2.24, 2.45) is 0 Å². The van der Waals surface area contributed by atoms with Crippen molar-refractivity contribution in [3.8, 4) is 11.4 Å². The minimum atomic E-state index is -2.77. The van der Waals surface area contributed by atoms with E-state index in [0.29, 0.717) is 42.8 Å². The molecule has 0 saturated carbocycles. The van der Waals surface area contributed by atoms with Crippen LogP contribution in [0.2, 0.25) is 0 Å². The molecule has 1 saturated heterocycles. The van der Waals surface area contributed by atoms with Crippen LogP contribution in [0.5, 0.6) is 0 Å². The van der Waals surface area contributed by atoms with E-state index in [-0.39, 0.29) is 24.9 Å². The molecule has 0 radical (unpaired) electrons. The number of ether oxygens (including phenoxy) is 1. The van der Waals surface area contributed by atoms with Crippen molar-refractivity contribution in [2.45, 2.75) is 18.7 Å². The van der Waals surface area contributed by atoms with Crippen LogP contribution >= 0.6 is 10.6 Å². The third-order valence-electron chi connectivity index (χ3n) is 4.65. The third-order valence-corrected chi connectivity index (χ3v) is 5.49. The van der Waals surface area contributed by atoms with E-state index in [1.165, 1.54) is 6.26 Å². The molecule has 1 aromatic carbocycles. The summed E-state index contributed by atoms with van der Waals surface area (Å²) < 4.78 is 25.4. The lowest BCUT2D eigenvalue weighted by Crippen LogP contribution is -2.44. The first-order valence-electron chi connectivity index (χ1n) is 9.94. The number of urea groups is 1. The van der Waals surface area contributed by atoms with Gasteiger partial charge in [0.2, 0.25) is 0 Å². The molecule has 0 spiro atoms. The molecule has 31 heavy (non-hydrogen) atoms. The fraction of sp³-hybridized carbons (Fsp3) is 0.450. The maximum Gasteiger partial charge on any atom is 0.319 e. The summed E-state index contributed by atoms with van der Waals surface area (Å²) in [4.78, 5) is 23.1. The Labute approximate surface area is 183 Å². The molecule has 2 aromatic rings. The molecule has 0 bridgehead atoms. The predicted molar refractivity (Wildman–Crippen MR) is 122 cm³/mol. The Balaban J connectivity index is 1.87. The summed E-state index contributed by atoms with van der Waals surface area (Å²) >= 11 is 0. The van der Waals surface area contributed by atoms with E-state index in [4.69, 9.17) is 14.8 Å². The molecular weight excluding hydrogens is 422 g/mol. The van der Waals surface area contributed by atoms with Crippen LogP contribution in [0.25, 0.3) is 11.4 Å². The normalized spacial score (nSPS) is 17.3. The first kappa shape index (κ1) is 23.2. The highest BCUT2D eigenvalue weighted by atomic mass is 32.3. The van der Waals surface area contributed by atoms with Gasteiger partial charge in [0.25, 0.3) is 0 Å². The van der Waals surface area contributed by atoms with Crippen molar-refractivity contribution in [1.29, 1.82) is 0 Å². The van der Waals surface area contributed by atoms with E-state index in [9.17, 15) is 13.9 Å². The van der Waals surface area contributed by atoms with Gasteiger partial charge in [0.05, 0.1) is 37.3 Å². The van der Waals surface area contributed by atoms with E-state index in [0.717, 1.165) is 5.56 Å². The van der Waals surface area contributed by atoms with Gasteiger partial charge in [0.1, 0.15) is 5.82 Å². The second-order valence-electron chi connectivity index (χ2n) is 7.48. The zero-order valence-corrected chi connectivity index (χ0v) is 18.4. The minimum absolute atomic E-state index is 0.0406. The van der Waals surface area contributed by atoms with E-state index in [1.807, 2.05) is 0 Å². The molecule has 1 atom stereocenters. The molecule has 10 nitrogen and oxygen atoms in total. The Morgan fingerprint density at radius 1 is 1.29 bits per heavy atom. The molecule has 2 amide bonds. The van der Waals surface area contributed by atoms with Gasteiger partial charge in [-0.15, -0.1) is 0 Å². The van der Waals surface area contributed by atoms with Crippen LogP contribution in [0.4, 0.5) is 16.3 Å². The number of hydrogen-bond acceptors (Lipinski definition) is 8. The number of carbonyl (C=O) groups excluding carboxylic acids is 1. The number of anilines is 2. The lowest BCUT2D eigenvalue weighted by atomic mass is 10.2. The molecule has 1 aliphatic rings. The topological polar surface area (TPSA) is 140 Å². The van der Waals surface area contributed by atoms with Crippen molar-refractivity contribution in [2.75, 3.05) is 49.4 Å². The van der Waals surface area contributed by atoms with E-state index >= 15 is 0 Å². The molecule has 0 unspecified atom stereocenters. The first-order chi connectivity index (χ1) is 14.7. The van der Waals surface area contributed by atoms with Crippen LogP contribution < -0.4 is 15.5 Å². The van der Waals surface area contributed by atoms with Crippen molar-refractivity contribution in [1.82, 2.24) is 15.3 Å². The third kappa shape index (κ3) is 6.77. The molecule has 1 aromatic heterocycles. The number of carbonyl (C=O) groups is 1. The van der Waals surface area contributed by atoms with Gasteiger partial charge in [-0.3, -0.25) is 9.11 Å². The van der Waals surface area contributed by atoms with Gasteiger partial charge in [0, 0.05) is 36.7 Å². The molecule has 0 aliphatic carbocycles. The highest BCUT2D eigenvalue weighted by Gasteiger charge is 2.22. The second-order valence-corrected chi connectivity index (χ2v) is 9.75. The SMILES string of the molecule is C[C@H]1COCCN1c1cc(CS(C)(O)O)nc(-c2ccc(NC(=O)NCCO)cc2)n1. The Morgan fingerprint density at radius 2 is 2.03 bits per heavy atom. The second kappa shape index (κ2) is 10.2. The van der Waals surface area contributed by atoms with Crippen molar-refractivity contribution in [3.63, 3.8) is 0 Å². The fourth-order valence-corrected chi connectivity index (χ4v) is 3.94. The highest BCUT2D eigenvalue weighted by Crippen LogP contribution is 2.38. The molecule has 11 heteroatoms. The zero-order valence-electron chi connectivity index (χ0n) is 17.6. The molecular formula is C20H29N5O5S. The van der Waals surface area contributed by atoms with E-state index in [1.54, 1.807) is 30.3 Å². The number of rotatable bonds is 7. The Kier molecular flexibility index (Phi) is 7.68. The summed E-state index contributed by atoms with van der Waals surface area (Å²) in [7, 11) is -2.77. The van der Waals surface area contributed by atoms with Gasteiger partial charge in [-0.1, -0.05) is 0 Å². The van der Waals surface area contributed by atoms with Crippen LogP contribution in [0.3, 0.4) is 0 Å². The van der Waals surface area contributed by atoms with E-state index < -0.39 is 16.6 Å². The molecule has 2 heterocycles. The van der Waals surface area contributed by atoms with Crippen LogP contribution in [0.1, 0.15) is 12.6 Å². The lowest BCUT2D eigenvalue weighted by molar-refractivity contribution is 0.0985. The first-order valence-corrected chi connectivity index (χ1v) is 12.1. The summed E-state index contributed by atoms with van der Waals surface area (Å²) in [6, 6.07) is 8.56. The molecule has 5 N–H and O–H groups in total. The number of aromatic nitrogens is 2. The fourth-order valence-electron chi connectivity index (χ4n) is 3.23. The number of aliphatic hydroxyl groups excluding tert-OH is 1. The highest BCUT2D eigenvalue weighted by molar-refractivity contribution is 8.23. The monoisotopic (exact) mass is 451 g/mol. The number of aliphatic hydroxyl groups is 1. The maximum atomic E-state index is 11.7. The molecule has 3 rings (SSSR count). The standard InChI is InChI=1S/C20H29N5O5S/c1-14-12-30-10-8-25(14)18-11-17(13-31(2,28)29)22-19(24-18)15-3-5-16(6-4-15)23-20(27)21-7-9-26/h3-6,11,14,26,28-29H,7-10,12-13H2,1-2H3,(H2,21,23,27)/t14-/m0/s1. The summed E-state index contributed by atoms with van der Waals surface area (Å²) in [5.74, 6) is 1.22. The smallest absolute Gasteiger partial charge is 0.319 e. The van der Waals surface area contributed by atoms with E-state index in [2.05, 4.69) is 27.4 Å².